The molecule has 0 radical (unpaired) electrons. The van der Waals surface area contributed by atoms with Crippen LogP contribution >= 0.6 is 24.0 Å². The molecule has 1 saturated heterocycles. The molecule has 1 fully saturated rings. The minimum absolute atomic E-state index is 0.0677. The minimum atomic E-state index is -0.644. The van der Waals surface area contributed by atoms with E-state index in [2.05, 4.69) is 5.32 Å². The van der Waals surface area contributed by atoms with Crippen LogP contribution in [0.1, 0.15) is 10.4 Å². The van der Waals surface area contributed by atoms with Crippen molar-refractivity contribution in [1.82, 2.24) is 10.2 Å². The number of nitrogens with zero attached hydrogens (tertiary/aromatic N) is 1. The Morgan fingerprint density at radius 2 is 2.12 bits per heavy atom. The summed E-state index contributed by atoms with van der Waals surface area (Å²) in [5.74, 6) is -0.454. The lowest BCUT2D eigenvalue weighted by Gasteiger charge is -2.15. The van der Waals surface area contributed by atoms with Gasteiger partial charge in [-0.1, -0.05) is 36.1 Å². The van der Waals surface area contributed by atoms with Gasteiger partial charge in [-0.2, -0.15) is 0 Å². The second kappa shape index (κ2) is 8.65. The molecule has 0 unspecified atom stereocenters. The standard InChI is InChI=1S/C15H16N2O5S2/c1-21-11-5-3-2-4-10(11)14(20)22-8-12(18)16-6-7-17-13(19)9-24-15(17)23/h2-5H,6-9H2,1H3,(H,16,18). The van der Waals surface area contributed by atoms with Gasteiger partial charge in [0.05, 0.1) is 12.9 Å². The molecule has 0 saturated carbocycles. The molecule has 0 aromatic heterocycles. The molecule has 128 valence electrons. The molecule has 1 aliphatic rings. The number of esters is 1. The average molecular weight is 368 g/mol. The maximum atomic E-state index is 11.9. The maximum absolute atomic E-state index is 11.9. The number of para-hydroxylation sites is 1. The summed E-state index contributed by atoms with van der Waals surface area (Å²) in [5.41, 5.74) is 0.248. The van der Waals surface area contributed by atoms with Crippen LogP contribution in [0, 0.1) is 0 Å². The first kappa shape index (κ1) is 18.2. The van der Waals surface area contributed by atoms with Gasteiger partial charge in [0, 0.05) is 13.1 Å². The Kier molecular flexibility index (Phi) is 6.56. The fourth-order valence-corrected chi connectivity index (χ4v) is 3.10. The number of hydrogen-bond donors (Lipinski definition) is 1. The summed E-state index contributed by atoms with van der Waals surface area (Å²) in [7, 11) is 1.45. The van der Waals surface area contributed by atoms with E-state index in [0.717, 1.165) is 0 Å². The van der Waals surface area contributed by atoms with Crippen LogP contribution in [0.2, 0.25) is 0 Å². The van der Waals surface area contributed by atoms with Crippen LogP contribution < -0.4 is 10.1 Å². The molecule has 24 heavy (non-hydrogen) atoms. The van der Waals surface area contributed by atoms with Gasteiger partial charge in [-0.05, 0) is 12.1 Å². The van der Waals surface area contributed by atoms with Crippen molar-refractivity contribution in [1.29, 1.82) is 0 Å². The van der Waals surface area contributed by atoms with Crippen LogP contribution in [0.4, 0.5) is 0 Å². The molecule has 1 heterocycles. The van der Waals surface area contributed by atoms with Crippen LogP contribution in [0.15, 0.2) is 24.3 Å². The van der Waals surface area contributed by atoms with Crippen LogP contribution in [0.25, 0.3) is 0 Å². The van der Waals surface area contributed by atoms with Gasteiger partial charge in [-0.3, -0.25) is 14.5 Å². The fraction of sp³-hybridized carbons (Fsp3) is 0.333. The summed E-state index contributed by atoms with van der Waals surface area (Å²) >= 11 is 6.34. The molecule has 0 bridgehead atoms. The SMILES string of the molecule is COc1ccccc1C(=O)OCC(=O)NCCN1C(=O)CSC1=S. The highest BCUT2D eigenvalue weighted by Gasteiger charge is 2.26. The Bertz CT molecular complexity index is 649. The molecule has 9 heteroatoms. The number of carbonyl (C=O) groups is 3. The molecule has 0 aliphatic carbocycles. The summed E-state index contributed by atoms with van der Waals surface area (Å²) in [4.78, 5) is 36.6. The Labute approximate surface area is 148 Å². The maximum Gasteiger partial charge on any atom is 0.342 e. The van der Waals surface area contributed by atoms with Gasteiger partial charge in [0.25, 0.3) is 5.91 Å². The van der Waals surface area contributed by atoms with Gasteiger partial charge >= 0.3 is 5.97 Å². The van der Waals surface area contributed by atoms with Gasteiger partial charge in [0.1, 0.15) is 15.6 Å². The van der Waals surface area contributed by atoms with Crippen molar-refractivity contribution < 1.29 is 23.9 Å². The lowest BCUT2D eigenvalue weighted by Crippen LogP contribution is -2.38. The Morgan fingerprint density at radius 3 is 2.79 bits per heavy atom. The highest BCUT2D eigenvalue weighted by molar-refractivity contribution is 8.23. The third-order valence-corrected chi connectivity index (χ3v) is 4.59. The molecule has 1 aromatic rings. The molecular formula is C15H16N2O5S2. The Balaban J connectivity index is 1.74. The van der Waals surface area contributed by atoms with Crippen LogP contribution in [-0.4, -0.2) is 59.6 Å². The van der Waals surface area contributed by atoms with Crippen molar-refractivity contribution in [3.63, 3.8) is 0 Å². The minimum Gasteiger partial charge on any atom is -0.496 e. The van der Waals surface area contributed by atoms with E-state index in [1.165, 1.54) is 23.8 Å². The molecule has 0 atom stereocenters. The van der Waals surface area contributed by atoms with Crippen molar-refractivity contribution in [2.45, 2.75) is 0 Å². The highest BCUT2D eigenvalue weighted by atomic mass is 32.2. The van der Waals surface area contributed by atoms with Crippen molar-refractivity contribution in [3.8, 4) is 5.75 Å². The number of hydrogen-bond acceptors (Lipinski definition) is 7. The van der Waals surface area contributed by atoms with E-state index in [9.17, 15) is 14.4 Å². The quantitative estimate of drug-likeness (QED) is 0.564. The van der Waals surface area contributed by atoms with E-state index in [1.807, 2.05) is 0 Å². The summed E-state index contributed by atoms with van der Waals surface area (Å²) in [6.07, 6.45) is 0. The van der Waals surface area contributed by atoms with Gasteiger partial charge in [0.2, 0.25) is 5.91 Å². The number of ether oxygens (including phenoxy) is 2. The first-order valence-corrected chi connectivity index (χ1v) is 8.46. The molecule has 1 N–H and O–H groups in total. The van der Waals surface area contributed by atoms with E-state index in [0.29, 0.717) is 22.4 Å². The summed E-state index contributed by atoms with van der Waals surface area (Å²) < 4.78 is 10.5. The molecule has 1 aromatic carbocycles. The Hall–Kier alpha value is -2.13. The zero-order chi connectivity index (χ0) is 17.5. The molecule has 0 spiro atoms. The van der Waals surface area contributed by atoms with Crippen molar-refractivity contribution in [3.05, 3.63) is 29.8 Å². The monoisotopic (exact) mass is 368 g/mol. The zero-order valence-electron chi connectivity index (χ0n) is 12.9. The predicted octanol–water partition coefficient (Wildman–Crippen LogP) is 0.828. The van der Waals surface area contributed by atoms with E-state index in [-0.39, 0.29) is 18.0 Å². The number of rotatable bonds is 7. The first-order chi connectivity index (χ1) is 11.5. The molecule has 7 nitrogen and oxygen atoms in total. The summed E-state index contributed by atoms with van der Waals surface area (Å²) in [6, 6.07) is 6.58. The van der Waals surface area contributed by atoms with Crippen LogP contribution in [0.5, 0.6) is 5.75 Å². The fourth-order valence-electron chi connectivity index (χ4n) is 1.98. The van der Waals surface area contributed by atoms with Crippen LogP contribution in [-0.2, 0) is 14.3 Å². The number of thiocarbonyl (C=S) groups is 1. The molecule has 2 rings (SSSR count). The lowest BCUT2D eigenvalue weighted by atomic mass is 10.2. The summed E-state index contributed by atoms with van der Waals surface area (Å²) in [5, 5.41) is 2.58. The number of amides is 2. The number of thioether (sulfide) groups is 1. The molecule has 2 amide bonds. The van der Waals surface area contributed by atoms with Gasteiger partial charge < -0.3 is 14.8 Å². The number of methoxy groups -OCH3 is 1. The molecule has 1 aliphatic heterocycles. The third-order valence-electron chi connectivity index (χ3n) is 3.16. The Morgan fingerprint density at radius 1 is 1.38 bits per heavy atom. The van der Waals surface area contributed by atoms with E-state index in [4.69, 9.17) is 21.7 Å². The third kappa shape index (κ3) is 4.68. The van der Waals surface area contributed by atoms with Crippen LogP contribution in [0.3, 0.4) is 0 Å². The second-order valence-electron chi connectivity index (χ2n) is 4.73. The number of carbonyl (C=O) groups excluding carboxylic acids is 3. The smallest absolute Gasteiger partial charge is 0.342 e. The largest absolute Gasteiger partial charge is 0.496 e. The van der Waals surface area contributed by atoms with Crippen molar-refractivity contribution in [2.24, 2.45) is 0 Å². The van der Waals surface area contributed by atoms with Crippen molar-refractivity contribution >= 4 is 46.1 Å². The molecular weight excluding hydrogens is 352 g/mol. The van der Waals surface area contributed by atoms with E-state index < -0.39 is 18.5 Å². The lowest BCUT2D eigenvalue weighted by molar-refractivity contribution is -0.126. The van der Waals surface area contributed by atoms with Gasteiger partial charge in [0.15, 0.2) is 6.61 Å². The zero-order valence-corrected chi connectivity index (χ0v) is 14.6. The average Bonchev–Trinajstić information content (AvgIpc) is 2.91. The highest BCUT2D eigenvalue weighted by Crippen LogP contribution is 2.19. The normalized spacial score (nSPS) is 13.8. The summed E-state index contributed by atoms with van der Waals surface area (Å²) in [6.45, 7) is 0.123. The predicted molar refractivity (Wildman–Crippen MR) is 93.1 cm³/mol. The number of nitrogens with one attached hydrogen (secondary N) is 1. The first-order valence-electron chi connectivity index (χ1n) is 7.07. The van der Waals surface area contributed by atoms with Gasteiger partial charge in [-0.15, -0.1) is 0 Å². The van der Waals surface area contributed by atoms with Gasteiger partial charge in [-0.25, -0.2) is 4.79 Å². The van der Waals surface area contributed by atoms with E-state index >= 15 is 0 Å². The topological polar surface area (TPSA) is 84.9 Å². The van der Waals surface area contributed by atoms with E-state index in [1.54, 1.807) is 24.3 Å². The van der Waals surface area contributed by atoms with Crippen molar-refractivity contribution in [2.75, 3.05) is 32.6 Å². The number of benzene rings is 1. The second-order valence-corrected chi connectivity index (χ2v) is 6.34.